The normalized spacial score (nSPS) is 10.6. The third-order valence-corrected chi connectivity index (χ3v) is 5.95. The Hall–Kier alpha value is -2.58. The number of ether oxygens (including phenoxy) is 2. The number of benzene rings is 1. The number of hydrogen-bond donors (Lipinski definition) is 0. The minimum Gasteiger partial charge on any atom is -0.456 e. The average molecular weight is 417 g/mol. The van der Waals surface area contributed by atoms with Gasteiger partial charge in [-0.2, -0.15) is 0 Å². The van der Waals surface area contributed by atoms with Gasteiger partial charge in [-0.05, 0) is 37.1 Å². The number of esters is 2. The highest BCUT2D eigenvalue weighted by atomic mass is 32.1. The molecule has 6 nitrogen and oxygen atoms in total. The Labute approximate surface area is 171 Å². The van der Waals surface area contributed by atoms with Crippen LogP contribution in [0.4, 0.5) is 0 Å². The number of nitrogens with zero attached hydrogens (tertiary/aromatic N) is 2. The molecule has 0 N–H and O–H groups in total. The Balaban J connectivity index is 1.51. The first-order valence-electron chi connectivity index (χ1n) is 8.90. The van der Waals surface area contributed by atoms with Crippen LogP contribution < -0.4 is 0 Å². The van der Waals surface area contributed by atoms with Crippen molar-refractivity contribution in [2.75, 3.05) is 0 Å². The predicted octanol–water partition coefficient (Wildman–Crippen LogP) is 4.44. The zero-order chi connectivity index (χ0) is 19.9. The second-order valence-electron chi connectivity index (χ2n) is 5.90. The van der Waals surface area contributed by atoms with E-state index < -0.39 is 11.9 Å². The van der Waals surface area contributed by atoms with Crippen LogP contribution in [0.2, 0.25) is 0 Å². The van der Waals surface area contributed by atoms with Crippen LogP contribution >= 0.6 is 22.7 Å². The molecule has 8 heteroatoms. The second kappa shape index (κ2) is 9.57. The molecular weight excluding hydrogens is 396 g/mol. The molecule has 0 bridgehead atoms. The largest absolute Gasteiger partial charge is 0.456 e. The molecule has 0 aliphatic carbocycles. The highest BCUT2D eigenvalue weighted by molar-refractivity contribution is 7.09. The van der Waals surface area contributed by atoms with Crippen molar-refractivity contribution in [3.05, 3.63) is 67.6 Å². The van der Waals surface area contributed by atoms with Crippen molar-refractivity contribution in [3.63, 3.8) is 0 Å². The smallest absolute Gasteiger partial charge is 0.338 e. The topological polar surface area (TPSA) is 78.4 Å². The fraction of sp³-hybridized carbons (Fsp3) is 0.300. The maximum absolute atomic E-state index is 12.1. The molecule has 0 saturated carbocycles. The third-order valence-electron chi connectivity index (χ3n) is 3.86. The fourth-order valence-electron chi connectivity index (χ4n) is 2.34. The summed E-state index contributed by atoms with van der Waals surface area (Å²) >= 11 is 3.10. The second-order valence-corrected chi connectivity index (χ2v) is 7.79. The molecule has 0 spiro atoms. The van der Waals surface area contributed by atoms with E-state index in [1.807, 2.05) is 24.6 Å². The minimum absolute atomic E-state index is 0.131. The van der Waals surface area contributed by atoms with Crippen LogP contribution in [0, 0.1) is 0 Å². The van der Waals surface area contributed by atoms with Crippen molar-refractivity contribution >= 4 is 34.6 Å². The van der Waals surface area contributed by atoms with Crippen LogP contribution in [0.25, 0.3) is 0 Å². The molecule has 3 aromatic rings. The van der Waals surface area contributed by atoms with Crippen LogP contribution in [-0.4, -0.2) is 21.9 Å². The molecular formula is C20H20N2O4S2. The van der Waals surface area contributed by atoms with Crippen LogP contribution in [0.3, 0.4) is 0 Å². The van der Waals surface area contributed by atoms with Crippen molar-refractivity contribution in [2.45, 2.75) is 39.9 Å². The Morgan fingerprint density at radius 3 is 1.50 bits per heavy atom. The summed E-state index contributed by atoms with van der Waals surface area (Å²) in [4.78, 5) is 33.0. The molecule has 0 aliphatic rings. The Kier molecular flexibility index (Phi) is 6.89. The van der Waals surface area contributed by atoms with Gasteiger partial charge in [-0.15, -0.1) is 22.7 Å². The summed E-state index contributed by atoms with van der Waals surface area (Å²) in [6, 6.07) is 6.20. The first-order chi connectivity index (χ1) is 13.6. The van der Waals surface area contributed by atoms with Gasteiger partial charge in [0.05, 0.1) is 32.5 Å². The van der Waals surface area contributed by atoms with Crippen molar-refractivity contribution in [1.82, 2.24) is 9.97 Å². The summed E-state index contributed by atoms with van der Waals surface area (Å²) in [6.07, 6.45) is 1.72. The molecule has 0 aliphatic heterocycles. The van der Waals surface area contributed by atoms with Crippen LogP contribution in [-0.2, 0) is 35.5 Å². The molecule has 0 saturated heterocycles. The van der Waals surface area contributed by atoms with Crippen LogP contribution in [0.15, 0.2) is 35.0 Å². The fourth-order valence-corrected chi connectivity index (χ4v) is 3.80. The molecule has 146 valence electrons. The highest BCUT2D eigenvalue weighted by Gasteiger charge is 2.13. The van der Waals surface area contributed by atoms with Gasteiger partial charge >= 0.3 is 11.9 Å². The van der Waals surface area contributed by atoms with E-state index in [-0.39, 0.29) is 13.2 Å². The lowest BCUT2D eigenvalue weighted by atomic mass is 10.1. The quantitative estimate of drug-likeness (QED) is 0.505. The molecule has 28 heavy (non-hydrogen) atoms. The molecule has 0 fully saturated rings. The van der Waals surface area contributed by atoms with Gasteiger partial charge in [0.15, 0.2) is 0 Å². The predicted molar refractivity (Wildman–Crippen MR) is 108 cm³/mol. The lowest BCUT2D eigenvalue weighted by Crippen LogP contribution is -2.08. The maximum atomic E-state index is 12.1. The third kappa shape index (κ3) is 5.24. The summed E-state index contributed by atoms with van der Waals surface area (Å²) < 4.78 is 10.5. The number of carbonyl (C=O) groups is 2. The molecule has 2 heterocycles. The van der Waals surface area contributed by atoms with E-state index in [4.69, 9.17) is 9.47 Å². The number of hydrogen-bond acceptors (Lipinski definition) is 8. The van der Waals surface area contributed by atoms with E-state index >= 15 is 0 Å². The lowest BCUT2D eigenvalue weighted by molar-refractivity contribution is 0.0454. The van der Waals surface area contributed by atoms with Gasteiger partial charge < -0.3 is 9.47 Å². The van der Waals surface area contributed by atoms with Crippen molar-refractivity contribution < 1.29 is 19.1 Å². The van der Waals surface area contributed by atoms with E-state index in [1.54, 1.807) is 46.9 Å². The zero-order valence-electron chi connectivity index (χ0n) is 15.6. The monoisotopic (exact) mass is 416 g/mol. The van der Waals surface area contributed by atoms with Crippen molar-refractivity contribution in [3.8, 4) is 0 Å². The van der Waals surface area contributed by atoms with Gasteiger partial charge in [0.25, 0.3) is 0 Å². The van der Waals surface area contributed by atoms with E-state index in [0.29, 0.717) is 11.1 Å². The van der Waals surface area contributed by atoms with Gasteiger partial charge in [0.2, 0.25) is 0 Å². The van der Waals surface area contributed by atoms with Crippen molar-refractivity contribution in [2.24, 2.45) is 0 Å². The summed E-state index contributed by atoms with van der Waals surface area (Å²) in [6.45, 7) is 4.32. The molecule has 0 unspecified atom stereocenters. The lowest BCUT2D eigenvalue weighted by Gasteiger charge is -2.05. The Morgan fingerprint density at radius 1 is 0.786 bits per heavy atom. The van der Waals surface area contributed by atoms with E-state index in [2.05, 4.69) is 9.97 Å². The van der Waals surface area contributed by atoms with E-state index in [1.165, 1.54) is 0 Å². The molecule has 1 aromatic carbocycles. The van der Waals surface area contributed by atoms with Gasteiger partial charge in [0.1, 0.15) is 13.2 Å². The van der Waals surface area contributed by atoms with E-state index in [9.17, 15) is 9.59 Å². The molecule has 0 radical (unpaired) electrons. The molecule has 3 rings (SSSR count). The summed E-state index contributed by atoms with van der Waals surface area (Å²) in [7, 11) is 0. The van der Waals surface area contributed by atoms with Gasteiger partial charge in [-0.3, -0.25) is 0 Å². The van der Waals surface area contributed by atoms with Gasteiger partial charge in [-0.1, -0.05) is 13.8 Å². The molecule has 0 atom stereocenters. The Bertz CT molecular complexity index is 870. The number of carbonyl (C=O) groups excluding carboxylic acids is 2. The molecule has 0 amide bonds. The first kappa shape index (κ1) is 20.2. The Morgan fingerprint density at radius 2 is 1.18 bits per heavy atom. The number of aromatic nitrogens is 2. The SMILES string of the molecule is CCc1nc(COC(=O)c2ccc(C(=O)OCc3csc(CC)n3)cc2)cs1. The van der Waals surface area contributed by atoms with Crippen LogP contribution in [0.5, 0.6) is 0 Å². The average Bonchev–Trinajstić information content (AvgIpc) is 3.39. The molecule has 2 aromatic heterocycles. The summed E-state index contributed by atoms with van der Waals surface area (Å²) in [5, 5.41) is 5.79. The van der Waals surface area contributed by atoms with Gasteiger partial charge in [-0.25, -0.2) is 19.6 Å². The van der Waals surface area contributed by atoms with Gasteiger partial charge in [0, 0.05) is 10.8 Å². The number of aryl methyl sites for hydroxylation is 2. The van der Waals surface area contributed by atoms with E-state index in [0.717, 1.165) is 34.2 Å². The minimum atomic E-state index is -0.458. The standard InChI is InChI=1S/C20H20N2O4S2/c1-3-17-21-15(11-27-17)9-25-19(23)13-5-7-14(8-6-13)20(24)26-10-16-12-28-18(4-2)22-16/h5-8,11-12H,3-4,9-10H2,1-2H3. The first-order valence-corrected chi connectivity index (χ1v) is 10.7. The zero-order valence-corrected chi connectivity index (χ0v) is 17.3. The number of rotatable bonds is 8. The highest BCUT2D eigenvalue weighted by Crippen LogP contribution is 2.14. The summed E-state index contributed by atoms with van der Waals surface area (Å²) in [5.41, 5.74) is 2.22. The summed E-state index contributed by atoms with van der Waals surface area (Å²) in [5.74, 6) is -0.916. The van der Waals surface area contributed by atoms with Crippen molar-refractivity contribution in [1.29, 1.82) is 0 Å². The number of thiazole rings is 2. The van der Waals surface area contributed by atoms with Crippen LogP contribution in [0.1, 0.15) is 56.0 Å². The maximum Gasteiger partial charge on any atom is 0.338 e.